The van der Waals surface area contributed by atoms with Crippen molar-refractivity contribution in [1.29, 1.82) is 0 Å². The molecule has 0 spiro atoms. The van der Waals surface area contributed by atoms with Gasteiger partial charge in [-0.3, -0.25) is 4.79 Å². The second-order valence-electron chi connectivity index (χ2n) is 5.19. The molecule has 1 amide bonds. The average molecular weight is 381 g/mol. The number of methoxy groups -OCH3 is 2. The Bertz CT molecular complexity index is 814. The largest absolute Gasteiger partial charge is 0.493 e. The van der Waals surface area contributed by atoms with Crippen molar-refractivity contribution in [3.8, 4) is 11.5 Å². The quantitative estimate of drug-likeness (QED) is 0.584. The van der Waals surface area contributed by atoms with E-state index >= 15 is 0 Å². The van der Waals surface area contributed by atoms with Crippen LogP contribution < -0.4 is 14.8 Å². The first-order chi connectivity index (χ1) is 12.5. The molecule has 0 aliphatic heterocycles. The number of para-hydroxylation sites is 1. The number of hydrogen-bond acceptors (Lipinski definition) is 5. The van der Waals surface area contributed by atoms with E-state index in [1.165, 1.54) is 45.6 Å². The van der Waals surface area contributed by atoms with Gasteiger partial charge in [-0.05, 0) is 31.2 Å². The molecule has 0 fully saturated rings. The zero-order valence-electron chi connectivity index (χ0n) is 14.5. The lowest BCUT2D eigenvalue weighted by Gasteiger charge is -2.11. The molecule has 0 radical (unpaired) electrons. The van der Waals surface area contributed by atoms with Gasteiger partial charge in [-0.2, -0.15) is 0 Å². The van der Waals surface area contributed by atoms with Crippen LogP contribution in [0.5, 0.6) is 11.5 Å². The van der Waals surface area contributed by atoms with Gasteiger partial charge in [0.2, 0.25) is 6.10 Å². The summed E-state index contributed by atoms with van der Waals surface area (Å²) in [5, 5.41) is 6.54. The zero-order chi connectivity index (χ0) is 19.1. The smallest absolute Gasteiger partial charge is 0.268 e. The van der Waals surface area contributed by atoms with E-state index in [4.69, 9.17) is 25.9 Å². The second-order valence-corrected chi connectivity index (χ2v) is 5.60. The molecule has 2 rings (SSSR count). The predicted molar refractivity (Wildman–Crippen MR) is 97.7 cm³/mol. The molecule has 0 aromatic heterocycles. The molecule has 0 aliphatic rings. The number of amides is 1. The molecule has 1 atom stereocenters. The third-order valence-corrected chi connectivity index (χ3v) is 3.66. The van der Waals surface area contributed by atoms with Crippen LogP contribution >= 0.6 is 11.6 Å². The van der Waals surface area contributed by atoms with Crippen molar-refractivity contribution in [2.75, 3.05) is 19.5 Å². The van der Waals surface area contributed by atoms with Crippen LogP contribution in [-0.4, -0.2) is 32.4 Å². The average Bonchev–Trinajstić information content (AvgIpc) is 2.62. The summed E-state index contributed by atoms with van der Waals surface area (Å²) in [5.41, 5.74) is 0.665. The van der Waals surface area contributed by atoms with E-state index in [1.54, 1.807) is 18.2 Å². The lowest BCUT2D eigenvalue weighted by Crippen LogP contribution is -2.26. The maximum Gasteiger partial charge on any atom is 0.268 e. The zero-order valence-corrected chi connectivity index (χ0v) is 15.2. The number of rotatable bonds is 7. The van der Waals surface area contributed by atoms with E-state index in [2.05, 4.69) is 10.5 Å². The summed E-state index contributed by atoms with van der Waals surface area (Å²) in [7, 11) is 2.97. The molecule has 0 saturated carbocycles. The van der Waals surface area contributed by atoms with Crippen molar-refractivity contribution in [2.45, 2.75) is 13.0 Å². The van der Waals surface area contributed by atoms with E-state index in [0.29, 0.717) is 22.1 Å². The minimum absolute atomic E-state index is 0.0728. The lowest BCUT2D eigenvalue weighted by molar-refractivity contribution is -0.126. The lowest BCUT2D eigenvalue weighted by atomic mass is 10.2. The SMILES string of the molecule is COc1cc(/C=N\O[C@H](C)C(=O)Nc2ccccc2F)cc(Cl)c1OC. The van der Waals surface area contributed by atoms with Gasteiger partial charge in [-0.15, -0.1) is 0 Å². The molecule has 8 heteroatoms. The van der Waals surface area contributed by atoms with E-state index in [-0.39, 0.29) is 5.69 Å². The van der Waals surface area contributed by atoms with Crippen molar-refractivity contribution in [2.24, 2.45) is 5.16 Å². The van der Waals surface area contributed by atoms with Gasteiger partial charge in [-0.25, -0.2) is 4.39 Å². The molecule has 0 unspecified atom stereocenters. The Morgan fingerprint density at radius 1 is 1.27 bits per heavy atom. The first-order valence-electron chi connectivity index (χ1n) is 7.62. The summed E-state index contributed by atoms with van der Waals surface area (Å²) < 4.78 is 23.9. The standard InChI is InChI=1S/C18H18ClFN2O4/c1-11(18(23)22-15-7-5-4-6-14(15)20)26-21-10-12-8-13(19)17(25-3)16(9-12)24-2/h4-11H,1-3H3,(H,22,23)/b21-10-/t11-/m1/s1. The highest BCUT2D eigenvalue weighted by Crippen LogP contribution is 2.35. The highest BCUT2D eigenvalue weighted by Gasteiger charge is 2.16. The summed E-state index contributed by atoms with van der Waals surface area (Å²) in [6, 6.07) is 9.11. The summed E-state index contributed by atoms with van der Waals surface area (Å²) in [6.45, 7) is 1.50. The Balaban J connectivity index is 2.00. The molecule has 2 aromatic carbocycles. The summed E-state index contributed by atoms with van der Waals surface area (Å²) in [4.78, 5) is 17.1. The molecule has 138 valence electrons. The second kappa shape index (κ2) is 9.05. The van der Waals surface area contributed by atoms with Crippen LogP contribution in [0, 0.1) is 5.82 Å². The molecule has 2 aromatic rings. The minimum Gasteiger partial charge on any atom is -0.493 e. The summed E-state index contributed by atoms with van der Waals surface area (Å²) in [5.74, 6) is -0.217. The molecule has 0 bridgehead atoms. The molecule has 0 saturated heterocycles. The predicted octanol–water partition coefficient (Wildman–Crippen LogP) is 3.87. The van der Waals surface area contributed by atoms with E-state index in [9.17, 15) is 9.18 Å². The van der Waals surface area contributed by atoms with Crippen molar-refractivity contribution >= 4 is 29.4 Å². The fraction of sp³-hybridized carbons (Fsp3) is 0.222. The van der Waals surface area contributed by atoms with Crippen LogP contribution in [0.3, 0.4) is 0 Å². The van der Waals surface area contributed by atoms with Gasteiger partial charge in [0.1, 0.15) is 5.82 Å². The molecular weight excluding hydrogens is 363 g/mol. The van der Waals surface area contributed by atoms with Crippen molar-refractivity contribution < 1.29 is 23.5 Å². The third kappa shape index (κ3) is 4.86. The number of anilines is 1. The maximum atomic E-state index is 13.5. The number of carbonyl (C=O) groups excluding carboxylic acids is 1. The Hall–Kier alpha value is -2.80. The number of oxime groups is 1. The highest BCUT2D eigenvalue weighted by molar-refractivity contribution is 6.32. The number of ether oxygens (including phenoxy) is 2. The molecule has 0 aliphatic carbocycles. The van der Waals surface area contributed by atoms with Gasteiger partial charge in [0, 0.05) is 5.56 Å². The first kappa shape index (κ1) is 19.5. The number of benzene rings is 2. The van der Waals surface area contributed by atoms with Crippen molar-refractivity contribution in [3.63, 3.8) is 0 Å². The van der Waals surface area contributed by atoms with Gasteiger partial charge < -0.3 is 19.6 Å². The third-order valence-electron chi connectivity index (χ3n) is 3.38. The van der Waals surface area contributed by atoms with Gasteiger partial charge in [0.25, 0.3) is 5.91 Å². The van der Waals surface area contributed by atoms with Crippen LogP contribution in [0.1, 0.15) is 12.5 Å². The Labute approximate surface area is 155 Å². The molecule has 1 N–H and O–H groups in total. The van der Waals surface area contributed by atoms with Gasteiger partial charge in [0.05, 0.1) is 31.1 Å². The summed E-state index contributed by atoms with van der Waals surface area (Å²) >= 11 is 6.10. The molecule has 26 heavy (non-hydrogen) atoms. The molecule has 0 heterocycles. The molecular formula is C18H18ClFN2O4. The van der Waals surface area contributed by atoms with Crippen LogP contribution in [-0.2, 0) is 9.63 Å². The fourth-order valence-corrected chi connectivity index (χ4v) is 2.34. The highest BCUT2D eigenvalue weighted by atomic mass is 35.5. The van der Waals surface area contributed by atoms with Crippen LogP contribution in [0.25, 0.3) is 0 Å². The number of carbonyl (C=O) groups is 1. The van der Waals surface area contributed by atoms with Gasteiger partial charge in [0.15, 0.2) is 11.5 Å². The normalized spacial score (nSPS) is 11.9. The number of halogens is 2. The maximum absolute atomic E-state index is 13.5. The van der Waals surface area contributed by atoms with Crippen molar-refractivity contribution in [1.82, 2.24) is 0 Å². The van der Waals surface area contributed by atoms with Crippen LogP contribution in [0.2, 0.25) is 5.02 Å². The van der Waals surface area contributed by atoms with Crippen LogP contribution in [0.4, 0.5) is 10.1 Å². The first-order valence-corrected chi connectivity index (χ1v) is 8.00. The van der Waals surface area contributed by atoms with E-state index in [1.807, 2.05) is 0 Å². The van der Waals surface area contributed by atoms with Gasteiger partial charge >= 0.3 is 0 Å². The Morgan fingerprint density at radius 2 is 2.00 bits per heavy atom. The van der Waals surface area contributed by atoms with Crippen molar-refractivity contribution in [3.05, 3.63) is 52.8 Å². The Kier molecular flexibility index (Phi) is 6.80. The fourth-order valence-electron chi connectivity index (χ4n) is 2.04. The van der Waals surface area contributed by atoms with Crippen LogP contribution in [0.15, 0.2) is 41.6 Å². The Morgan fingerprint density at radius 3 is 2.65 bits per heavy atom. The number of nitrogens with one attached hydrogen (secondary N) is 1. The minimum atomic E-state index is -0.929. The summed E-state index contributed by atoms with van der Waals surface area (Å²) in [6.07, 6.45) is 0.447. The topological polar surface area (TPSA) is 69.2 Å². The van der Waals surface area contributed by atoms with E-state index in [0.717, 1.165) is 0 Å². The monoisotopic (exact) mass is 380 g/mol. The number of hydrogen-bond donors (Lipinski definition) is 1. The van der Waals surface area contributed by atoms with Gasteiger partial charge in [-0.1, -0.05) is 28.9 Å². The van der Waals surface area contributed by atoms with E-state index < -0.39 is 17.8 Å². The number of nitrogens with zero attached hydrogens (tertiary/aromatic N) is 1. The molecule has 6 nitrogen and oxygen atoms in total.